The van der Waals surface area contributed by atoms with Crippen molar-refractivity contribution in [3.63, 3.8) is 0 Å². The maximum atomic E-state index is 12.9. The average Bonchev–Trinajstić information content (AvgIpc) is 3.28. The van der Waals surface area contributed by atoms with Crippen molar-refractivity contribution < 1.29 is 4.79 Å². The highest BCUT2D eigenvalue weighted by Crippen LogP contribution is 2.29. The summed E-state index contributed by atoms with van der Waals surface area (Å²) in [5.74, 6) is 1.13. The third kappa shape index (κ3) is 5.41. The lowest BCUT2D eigenvalue weighted by Gasteiger charge is -2.27. The van der Waals surface area contributed by atoms with Crippen LogP contribution in [0.3, 0.4) is 0 Å². The summed E-state index contributed by atoms with van der Waals surface area (Å²) in [6.45, 7) is 8.29. The van der Waals surface area contributed by atoms with Crippen LogP contribution in [0.25, 0.3) is 5.69 Å². The molecule has 0 unspecified atom stereocenters. The van der Waals surface area contributed by atoms with Crippen LogP contribution >= 0.6 is 11.8 Å². The number of aromatic nitrogens is 3. The number of carbonyl (C=O) groups is 1. The largest absolute Gasteiger partial charge is 0.341 e. The molecule has 6 nitrogen and oxygen atoms in total. The molecule has 0 radical (unpaired) electrons. The molecular weight excluding hydrogens is 430 g/mol. The fourth-order valence-electron chi connectivity index (χ4n) is 4.28. The second-order valence-electron chi connectivity index (χ2n) is 8.50. The lowest BCUT2D eigenvalue weighted by Crippen LogP contribution is -2.31. The summed E-state index contributed by atoms with van der Waals surface area (Å²) in [7, 11) is 0. The highest BCUT2D eigenvalue weighted by molar-refractivity contribution is 7.99. The van der Waals surface area contributed by atoms with Crippen LogP contribution in [0.4, 0.5) is 11.6 Å². The van der Waals surface area contributed by atoms with Crippen molar-refractivity contribution in [3.8, 4) is 5.69 Å². The van der Waals surface area contributed by atoms with Crippen molar-refractivity contribution in [1.29, 1.82) is 0 Å². The molecule has 0 atom stereocenters. The van der Waals surface area contributed by atoms with Crippen molar-refractivity contribution in [2.45, 2.75) is 58.0 Å². The number of carbonyl (C=O) groups excluding carboxylic acids is 1. The van der Waals surface area contributed by atoms with Crippen molar-refractivity contribution in [2.75, 3.05) is 29.1 Å². The molecule has 2 aromatic carbocycles. The van der Waals surface area contributed by atoms with Gasteiger partial charge in [-0.05, 0) is 62.3 Å². The Bertz CT molecular complexity index is 1060. The SMILES string of the molecule is CCc1cccc(CC)c1NC(=O)CSc1nnc(N2CCCCC2)n1-c1ccc(C)cc1. The highest BCUT2D eigenvalue weighted by atomic mass is 32.2. The molecule has 33 heavy (non-hydrogen) atoms. The first-order valence-electron chi connectivity index (χ1n) is 11.9. The Kier molecular flexibility index (Phi) is 7.70. The van der Waals surface area contributed by atoms with E-state index in [1.807, 2.05) is 0 Å². The molecule has 0 bridgehead atoms. The van der Waals surface area contributed by atoms with Crippen molar-refractivity contribution in [1.82, 2.24) is 14.8 Å². The van der Waals surface area contributed by atoms with E-state index in [4.69, 9.17) is 0 Å². The fourth-order valence-corrected chi connectivity index (χ4v) is 5.03. The van der Waals surface area contributed by atoms with Gasteiger partial charge in [0.05, 0.1) is 11.4 Å². The molecule has 0 saturated carbocycles. The van der Waals surface area contributed by atoms with Gasteiger partial charge in [0, 0.05) is 18.8 Å². The minimum absolute atomic E-state index is 0.0198. The first-order valence-corrected chi connectivity index (χ1v) is 12.9. The molecule has 1 amide bonds. The number of aryl methyl sites for hydroxylation is 3. The van der Waals surface area contributed by atoms with E-state index in [1.54, 1.807) is 0 Å². The van der Waals surface area contributed by atoms with Crippen molar-refractivity contribution in [3.05, 3.63) is 59.2 Å². The molecule has 3 aromatic rings. The second-order valence-corrected chi connectivity index (χ2v) is 9.44. The number of amides is 1. The maximum Gasteiger partial charge on any atom is 0.234 e. The molecule has 1 N–H and O–H groups in total. The summed E-state index contributed by atoms with van der Waals surface area (Å²) >= 11 is 1.44. The molecular formula is C26H33N5OS. The number of para-hydroxylation sites is 1. The smallest absolute Gasteiger partial charge is 0.234 e. The third-order valence-corrected chi connectivity index (χ3v) is 7.07. The first kappa shape index (κ1) is 23.4. The summed E-state index contributed by atoms with van der Waals surface area (Å²) in [5.41, 5.74) is 5.54. The number of hydrogen-bond acceptors (Lipinski definition) is 5. The molecule has 1 aliphatic heterocycles. The normalized spacial score (nSPS) is 13.8. The Morgan fingerprint density at radius 1 is 0.970 bits per heavy atom. The van der Waals surface area contributed by atoms with Gasteiger partial charge in [0.1, 0.15) is 0 Å². The van der Waals surface area contributed by atoms with Gasteiger partial charge in [-0.15, -0.1) is 10.2 Å². The van der Waals surface area contributed by atoms with E-state index in [-0.39, 0.29) is 11.7 Å². The van der Waals surface area contributed by atoms with Crippen LogP contribution in [0.15, 0.2) is 47.6 Å². The Hall–Kier alpha value is -2.80. The van der Waals surface area contributed by atoms with E-state index < -0.39 is 0 Å². The molecule has 1 aromatic heterocycles. The Balaban J connectivity index is 1.55. The van der Waals surface area contributed by atoms with Gasteiger partial charge >= 0.3 is 0 Å². The summed E-state index contributed by atoms with van der Waals surface area (Å²) in [6, 6.07) is 14.6. The summed E-state index contributed by atoms with van der Waals surface area (Å²) < 4.78 is 2.10. The van der Waals surface area contributed by atoms with Crippen LogP contribution in [0.2, 0.25) is 0 Å². The molecule has 2 heterocycles. The number of nitrogens with zero attached hydrogens (tertiary/aromatic N) is 4. The zero-order valence-electron chi connectivity index (χ0n) is 19.8. The number of benzene rings is 2. The molecule has 4 rings (SSSR count). The molecule has 0 spiro atoms. The van der Waals surface area contributed by atoms with E-state index in [1.165, 1.54) is 47.7 Å². The number of thioether (sulfide) groups is 1. The van der Waals surface area contributed by atoms with Crippen LogP contribution in [0.1, 0.15) is 49.8 Å². The van der Waals surface area contributed by atoms with E-state index in [2.05, 4.69) is 88.2 Å². The van der Waals surface area contributed by atoms with Gasteiger partial charge in [-0.25, -0.2) is 0 Å². The van der Waals surface area contributed by atoms with Gasteiger partial charge in [-0.1, -0.05) is 61.5 Å². The van der Waals surface area contributed by atoms with Gasteiger partial charge in [0.25, 0.3) is 0 Å². The molecule has 1 saturated heterocycles. The number of nitrogens with one attached hydrogen (secondary N) is 1. The van der Waals surface area contributed by atoms with Crippen LogP contribution < -0.4 is 10.2 Å². The molecule has 0 aliphatic carbocycles. The van der Waals surface area contributed by atoms with Crippen LogP contribution in [0, 0.1) is 6.92 Å². The number of piperidine rings is 1. The fraction of sp³-hybridized carbons (Fsp3) is 0.423. The van der Waals surface area contributed by atoms with Crippen molar-refractivity contribution in [2.24, 2.45) is 0 Å². The third-order valence-electron chi connectivity index (χ3n) is 6.14. The monoisotopic (exact) mass is 463 g/mol. The Labute approximate surface area is 200 Å². The predicted octanol–water partition coefficient (Wildman–Crippen LogP) is 5.42. The zero-order valence-corrected chi connectivity index (χ0v) is 20.6. The quantitative estimate of drug-likeness (QED) is 0.452. The summed E-state index contributed by atoms with van der Waals surface area (Å²) in [4.78, 5) is 15.2. The standard InChI is InChI=1S/C26H33N5OS/c1-4-20-10-9-11-21(5-2)24(20)27-23(32)18-33-26-29-28-25(30-16-7-6-8-17-30)31(26)22-14-12-19(3)13-15-22/h9-15H,4-8,16-18H2,1-3H3,(H,27,32). The molecule has 1 aliphatic rings. The van der Waals surface area contributed by atoms with Gasteiger partial charge < -0.3 is 10.2 Å². The van der Waals surface area contributed by atoms with Gasteiger partial charge in [0.2, 0.25) is 11.9 Å². The maximum absolute atomic E-state index is 12.9. The van der Waals surface area contributed by atoms with Crippen LogP contribution in [-0.4, -0.2) is 39.5 Å². The topological polar surface area (TPSA) is 63.1 Å². The molecule has 1 fully saturated rings. The highest BCUT2D eigenvalue weighted by Gasteiger charge is 2.22. The molecule has 7 heteroatoms. The number of hydrogen-bond donors (Lipinski definition) is 1. The minimum atomic E-state index is -0.0198. The van der Waals surface area contributed by atoms with Crippen molar-refractivity contribution >= 4 is 29.3 Å². The summed E-state index contributed by atoms with van der Waals surface area (Å²) in [6.07, 6.45) is 5.37. The van der Waals surface area contributed by atoms with E-state index in [0.717, 1.165) is 48.4 Å². The number of rotatable bonds is 8. The van der Waals surface area contributed by atoms with E-state index in [0.29, 0.717) is 0 Å². The lowest BCUT2D eigenvalue weighted by molar-refractivity contribution is -0.113. The van der Waals surface area contributed by atoms with Gasteiger partial charge in [-0.3, -0.25) is 9.36 Å². The minimum Gasteiger partial charge on any atom is -0.341 e. The van der Waals surface area contributed by atoms with Crippen LogP contribution in [-0.2, 0) is 17.6 Å². The number of anilines is 2. The predicted molar refractivity (Wildman–Crippen MR) is 137 cm³/mol. The van der Waals surface area contributed by atoms with E-state index >= 15 is 0 Å². The zero-order chi connectivity index (χ0) is 23.2. The van der Waals surface area contributed by atoms with Gasteiger partial charge in [-0.2, -0.15) is 0 Å². The first-order chi connectivity index (χ1) is 16.1. The second kappa shape index (κ2) is 10.9. The summed E-state index contributed by atoms with van der Waals surface area (Å²) in [5, 5.41) is 12.9. The van der Waals surface area contributed by atoms with Crippen LogP contribution in [0.5, 0.6) is 0 Å². The van der Waals surface area contributed by atoms with Gasteiger partial charge in [0.15, 0.2) is 5.16 Å². The molecule has 174 valence electrons. The average molecular weight is 464 g/mol. The van der Waals surface area contributed by atoms with E-state index in [9.17, 15) is 4.79 Å². The Morgan fingerprint density at radius 2 is 1.64 bits per heavy atom. The lowest BCUT2D eigenvalue weighted by atomic mass is 10.0. The Morgan fingerprint density at radius 3 is 2.27 bits per heavy atom.